The van der Waals surface area contributed by atoms with Crippen LogP contribution in [0.15, 0.2) is 30.9 Å². The van der Waals surface area contributed by atoms with Gasteiger partial charge in [-0.25, -0.2) is 14.6 Å². The van der Waals surface area contributed by atoms with E-state index >= 15 is 0 Å². The van der Waals surface area contributed by atoms with Crippen molar-refractivity contribution < 1.29 is 4.79 Å². The highest BCUT2D eigenvalue weighted by atomic mass is 16.1. The van der Waals surface area contributed by atoms with E-state index in [-0.39, 0.29) is 0 Å². The number of aryl methyl sites for hydroxylation is 1. The molecule has 96 valence electrons. The van der Waals surface area contributed by atoms with Crippen molar-refractivity contribution in [2.75, 3.05) is 0 Å². The van der Waals surface area contributed by atoms with Crippen molar-refractivity contribution in [2.24, 2.45) is 0 Å². The highest BCUT2D eigenvalue weighted by Crippen LogP contribution is 2.18. The van der Waals surface area contributed by atoms with Gasteiger partial charge in [0.25, 0.3) is 0 Å². The maximum absolute atomic E-state index is 11.1. The molecule has 3 aromatic heterocycles. The van der Waals surface area contributed by atoms with E-state index < -0.39 is 0 Å². The minimum Gasteiger partial charge on any atom is -0.324 e. The molecule has 6 nitrogen and oxygen atoms in total. The third-order valence-electron chi connectivity index (χ3n) is 3.10. The average molecular weight is 255 g/mol. The lowest BCUT2D eigenvalue weighted by Crippen LogP contribution is -2.08. The summed E-state index contributed by atoms with van der Waals surface area (Å²) in [5, 5.41) is 5.00. The van der Waals surface area contributed by atoms with Gasteiger partial charge in [-0.3, -0.25) is 4.79 Å². The van der Waals surface area contributed by atoms with Gasteiger partial charge in [0, 0.05) is 29.9 Å². The molecule has 0 saturated carbocycles. The molecule has 0 bridgehead atoms. The molecular weight excluding hydrogens is 242 g/mol. The van der Waals surface area contributed by atoms with Gasteiger partial charge in [0.05, 0.1) is 6.54 Å². The largest absolute Gasteiger partial charge is 0.324 e. The predicted octanol–water partition coefficient (Wildman–Crippen LogP) is 1.51. The zero-order valence-electron chi connectivity index (χ0n) is 10.5. The Kier molecular flexibility index (Phi) is 2.83. The molecule has 0 aromatic carbocycles. The monoisotopic (exact) mass is 255 g/mol. The van der Waals surface area contributed by atoms with E-state index in [1.54, 1.807) is 18.7 Å². The molecule has 0 radical (unpaired) electrons. The van der Waals surface area contributed by atoms with Crippen LogP contribution in [0, 0.1) is 0 Å². The van der Waals surface area contributed by atoms with Crippen molar-refractivity contribution in [3.05, 3.63) is 42.2 Å². The highest BCUT2D eigenvalue weighted by molar-refractivity contribution is 5.95. The van der Waals surface area contributed by atoms with Gasteiger partial charge in [-0.05, 0) is 19.1 Å². The molecule has 0 unspecified atom stereocenters. The van der Waals surface area contributed by atoms with Crippen molar-refractivity contribution in [3.8, 4) is 0 Å². The number of carbonyl (C=O) groups is 1. The van der Waals surface area contributed by atoms with Gasteiger partial charge >= 0.3 is 0 Å². The Bertz CT molecular complexity index is 728. The molecular formula is C13H13N5O. The van der Waals surface area contributed by atoms with Crippen LogP contribution in [-0.2, 0) is 13.1 Å². The fraction of sp³-hybridized carbons (Fsp3) is 0.231. The summed E-state index contributed by atoms with van der Waals surface area (Å²) in [5.74, 6) is 0.850. The fourth-order valence-corrected chi connectivity index (χ4v) is 2.19. The Labute approximate surface area is 109 Å². The summed E-state index contributed by atoms with van der Waals surface area (Å²) in [6.45, 7) is 3.33. The van der Waals surface area contributed by atoms with Gasteiger partial charge in [0.1, 0.15) is 17.8 Å². The lowest BCUT2D eigenvalue weighted by atomic mass is 10.2. The van der Waals surface area contributed by atoms with E-state index in [1.165, 1.54) is 0 Å². The highest BCUT2D eigenvalue weighted by Gasteiger charge is 2.11. The van der Waals surface area contributed by atoms with Crippen molar-refractivity contribution in [3.63, 3.8) is 0 Å². The molecule has 0 N–H and O–H groups in total. The summed E-state index contributed by atoms with van der Waals surface area (Å²) < 4.78 is 3.75. The van der Waals surface area contributed by atoms with Gasteiger partial charge in [-0.1, -0.05) is 0 Å². The number of hydrogen-bond donors (Lipinski definition) is 0. The van der Waals surface area contributed by atoms with Crippen molar-refractivity contribution in [1.82, 2.24) is 24.3 Å². The van der Waals surface area contributed by atoms with Crippen LogP contribution in [-0.4, -0.2) is 30.6 Å². The van der Waals surface area contributed by atoms with Gasteiger partial charge in [0.2, 0.25) is 0 Å². The second-order valence-electron chi connectivity index (χ2n) is 4.20. The van der Waals surface area contributed by atoms with Crippen LogP contribution in [0.4, 0.5) is 0 Å². The molecule has 3 heterocycles. The summed E-state index contributed by atoms with van der Waals surface area (Å²) in [6, 6.07) is 3.72. The first-order chi connectivity index (χ1) is 9.33. The first-order valence-electron chi connectivity index (χ1n) is 6.09. The molecule has 0 aliphatic carbocycles. The van der Waals surface area contributed by atoms with E-state index in [2.05, 4.69) is 15.1 Å². The molecule has 0 aliphatic rings. The van der Waals surface area contributed by atoms with E-state index in [0.717, 1.165) is 29.7 Å². The van der Waals surface area contributed by atoms with Gasteiger partial charge < -0.3 is 4.57 Å². The molecule has 3 rings (SSSR count). The van der Waals surface area contributed by atoms with Crippen LogP contribution in [0.25, 0.3) is 11.0 Å². The van der Waals surface area contributed by atoms with Crippen LogP contribution in [0.1, 0.15) is 23.1 Å². The molecule has 0 fully saturated rings. The van der Waals surface area contributed by atoms with Gasteiger partial charge in [0.15, 0.2) is 6.29 Å². The topological polar surface area (TPSA) is 65.6 Å². The second-order valence-corrected chi connectivity index (χ2v) is 4.20. The Morgan fingerprint density at radius 2 is 2.26 bits per heavy atom. The molecule has 0 spiro atoms. The third kappa shape index (κ3) is 1.91. The Balaban J connectivity index is 2.08. The smallest absolute Gasteiger partial charge is 0.152 e. The molecule has 0 atom stereocenters. The molecule has 0 saturated heterocycles. The number of carbonyl (C=O) groups excluding carboxylic acids is 1. The normalized spacial score (nSPS) is 11.0. The van der Waals surface area contributed by atoms with Crippen LogP contribution in [0.3, 0.4) is 0 Å². The molecule has 19 heavy (non-hydrogen) atoms. The first kappa shape index (κ1) is 11.6. The van der Waals surface area contributed by atoms with Gasteiger partial charge in [-0.2, -0.15) is 5.10 Å². The number of aldehydes is 1. The number of pyridine rings is 1. The predicted molar refractivity (Wildman–Crippen MR) is 69.9 cm³/mol. The summed E-state index contributed by atoms with van der Waals surface area (Å²) in [6.07, 6.45) is 5.92. The lowest BCUT2D eigenvalue weighted by molar-refractivity contribution is 0.112. The van der Waals surface area contributed by atoms with Crippen LogP contribution >= 0.6 is 0 Å². The van der Waals surface area contributed by atoms with Crippen LogP contribution < -0.4 is 0 Å². The second kappa shape index (κ2) is 4.64. The van der Waals surface area contributed by atoms with Gasteiger partial charge in [-0.15, -0.1) is 0 Å². The van der Waals surface area contributed by atoms with Crippen LogP contribution in [0.2, 0.25) is 0 Å². The summed E-state index contributed by atoms with van der Waals surface area (Å²) in [5.41, 5.74) is 1.43. The zero-order chi connectivity index (χ0) is 13.2. The maximum Gasteiger partial charge on any atom is 0.152 e. The van der Waals surface area contributed by atoms with E-state index in [0.29, 0.717) is 12.1 Å². The number of hydrogen-bond acceptors (Lipinski definition) is 4. The number of rotatable bonds is 4. The summed E-state index contributed by atoms with van der Waals surface area (Å²) >= 11 is 0. The Hall–Kier alpha value is -2.50. The number of nitrogens with zero attached hydrogens (tertiary/aromatic N) is 5. The molecule has 0 amide bonds. The number of fused-ring (bicyclic) bond motifs is 1. The SMILES string of the molecule is CCn1ncnc1Cn1cc(C=O)c2cccnc21. The van der Waals surface area contributed by atoms with Crippen molar-refractivity contribution >= 4 is 17.3 Å². The average Bonchev–Trinajstić information content (AvgIpc) is 3.04. The van der Waals surface area contributed by atoms with E-state index in [4.69, 9.17) is 0 Å². The van der Waals surface area contributed by atoms with Crippen LogP contribution in [0.5, 0.6) is 0 Å². The van der Waals surface area contributed by atoms with E-state index in [1.807, 2.05) is 28.3 Å². The maximum atomic E-state index is 11.1. The fourth-order valence-electron chi connectivity index (χ4n) is 2.19. The standard InChI is InChI=1S/C13H13N5O/c1-2-18-12(15-9-16-18)7-17-6-10(8-19)11-4-3-5-14-13(11)17/h3-6,8-9H,2,7H2,1H3. The summed E-state index contributed by atoms with van der Waals surface area (Å²) in [7, 11) is 0. The minimum absolute atomic E-state index is 0.551. The van der Waals surface area contributed by atoms with E-state index in [9.17, 15) is 4.79 Å². The molecule has 0 aliphatic heterocycles. The van der Waals surface area contributed by atoms with Crippen molar-refractivity contribution in [2.45, 2.75) is 20.0 Å². The zero-order valence-corrected chi connectivity index (χ0v) is 10.5. The third-order valence-corrected chi connectivity index (χ3v) is 3.10. The minimum atomic E-state index is 0.551. The molecule has 6 heteroatoms. The van der Waals surface area contributed by atoms with Crippen molar-refractivity contribution in [1.29, 1.82) is 0 Å². The Morgan fingerprint density at radius 3 is 3.05 bits per heavy atom. The summed E-state index contributed by atoms with van der Waals surface area (Å²) in [4.78, 5) is 19.7. The Morgan fingerprint density at radius 1 is 1.37 bits per heavy atom. The quantitative estimate of drug-likeness (QED) is 0.663. The first-order valence-corrected chi connectivity index (χ1v) is 6.09. The number of aromatic nitrogens is 5. The molecule has 3 aromatic rings. The lowest BCUT2D eigenvalue weighted by Gasteiger charge is -2.05.